The molecule has 0 aliphatic carbocycles. The highest BCUT2D eigenvalue weighted by molar-refractivity contribution is 6.00. The van der Waals surface area contributed by atoms with Gasteiger partial charge in [-0.3, -0.25) is 5.41 Å². The highest BCUT2D eigenvalue weighted by Crippen LogP contribution is 2.24. The standard InChI is InChI=1S/C15H24N6O3/c1-15(2,3)24-14(22)21-7-5-20(6-8-21)13-10(12(17)23-4)11(16)18-9-19-13/h9,17H,5-8H2,1-4H3,(H2,16,18,19). The number of methoxy groups -OCH3 is 1. The van der Waals surface area contributed by atoms with E-state index in [2.05, 4.69) is 9.97 Å². The lowest BCUT2D eigenvalue weighted by Gasteiger charge is -2.36. The number of amides is 1. The number of piperazine rings is 1. The second-order valence-corrected chi connectivity index (χ2v) is 6.45. The molecule has 0 saturated carbocycles. The minimum Gasteiger partial charge on any atom is -0.481 e. The van der Waals surface area contributed by atoms with Gasteiger partial charge in [-0.1, -0.05) is 0 Å². The lowest BCUT2D eigenvalue weighted by molar-refractivity contribution is 0.0240. The Labute approximate surface area is 141 Å². The summed E-state index contributed by atoms with van der Waals surface area (Å²) in [6, 6.07) is 0. The second kappa shape index (κ2) is 6.90. The molecule has 1 aliphatic rings. The van der Waals surface area contributed by atoms with Gasteiger partial charge in [0.15, 0.2) is 0 Å². The van der Waals surface area contributed by atoms with Crippen molar-refractivity contribution in [2.75, 3.05) is 43.9 Å². The number of aromatic nitrogens is 2. The van der Waals surface area contributed by atoms with E-state index in [0.29, 0.717) is 37.6 Å². The molecule has 2 rings (SSSR count). The third kappa shape index (κ3) is 4.03. The van der Waals surface area contributed by atoms with E-state index in [-0.39, 0.29) is 17.8 Å². The third-order valence-electron chi connectivity index (χ3n) is 3.52. The number of nitrogens with two attached hydrogens (primary N) is 1. The molecule has 24 heavy (non-hydrogen) atoms. The summed E-state index contributed by atoms with van der Waals surface area (Å²) in [6.07, 6.45) is 1.03. The molecule has 9 nitrogen and oxygen atoms in total. The average molecular weight is 336 g/mol. The zero-order valence-electron chi connectivity index (χ0n) is 14.5. The van der Waals surface area contributed by atoms with Gasteiger partial charge in [-0.05, 0) is 20.8 Å². The first-order chi connectivity index (χ1) is 11.2. The van der Waals surface area contributed by atoms with Gasteiger partial charge < -0.3 is 25.0 Å². The molecule has 2 heterocycles. The van der Waals surface area contributed by atoms with Crippen molar-refractivity contribution in [3.8, 4) is 0 Å². The molecule has 1 amide bonds. The Kier molecular flexibility index (Phi) is 5.10. The fraction of sp³-hybridized carbons (Fsp3) is 0.600. The summed E-state index contributed by atoms with van der Waals surface area (Å²) < 4.78 is 10.4. The van der Waals surface area contributed by atoms with Gasteiger partial charge in [0.2, 0.25) is 5.90 Å². The van der Waals surface area contributed by atoms with Gasteiger partial charge in [0, 0.05) is 26.2 Å². The van der Waals surface area contributed by atoms with Crippen LogP contribution in [0, 0.1) is 5.41 Å². The molecule has 132 valence electrons. The first-order valence-corrected chi connectivity index (χ1v) is 7.69. The summed E-state index contributed by atoms with van der Waals surface area (Å²) in [4.78, 5) is 23.9. The van der Waals surface area contributed by atoms with Crippen molar-refractivity contribution in [3.05, 3.63) is 11.9 Å². The zero-order valence-corrected chi connectivity index (χ0v) is 14.5. The predicted molar refractivity (Wildman–Crippen MR) is 90.3 cm³/mol. The fourth-order valence-corrected chi connectivity index (χ4v) is 2.38. The minimum absolute atomic E-state index is 0.0855. The Balaban J connectivity index is 2.09. The average Bonchev–Trinajstić information content (AvgIpc) is 2.52. The molecule has 0 atom stereocenters. The number of nitrogen functional groups attached to an aromatic ring is 1. The Hall–Kier alpha value is -2.58. The maximum Gasteiger partial charge on any atom is 0.410 e. The van der Waals surface area contributed by atoms with E-state index in [9.17, 15) is 4.79 Å². The molecular weight excluding hydrogens is 312 g/mol. The number of anilines is 2. The number of carbonyl (C=O) groups is 1. The van der Waals surface area contributed by atoms with Crippen LogP contribution in [0.4, 0.5) is 16.4 Å². The topological polar surface area (TPSA) is 118 Å². The first kappa shape index (κ1) is 17.8. The minimum atomic E-state index is -0.518. The lowest BCUT2D eigenvalue weighted by atomic mass is 10.2. The summed E-state index contributed by atoms with van der Waals surface area (Å²) in [5, 5.41) is 7.89. The van der Waals surface area contributed by atoms with E-state index >= 15 is 0 Å². The summed E-state index contributed by atoms with van der Waals surface area (Å²) in [5.41, 5.74) is 5.71. The normalized spacial score (nSPS) is 15.2. The molecule has 3 N–H and O–H groups in total. The van der Waals surface area contributed by atoms with Crippen LogP contribution in [0.1, 0.15) is 26.3 Å². The van der Waals surface area contributed by atoms with Crippen LogP contribution in [-0.2, 0) is 9.47 Å². The van der Waals surface area contributed by atoms with Crippen LogP contribution < -0.4 is 10.6 Å². The van der Waals surface area contributed by atoms with E-state index in [4.69, 9.17) is 20.6 Å². The van der Waals surface area contributed by atoms with Crippen molar-refractivity contribution < 1.29 is 14.3 Å². The van der Waals surface area contributed by atoms with Crippen molar-refractivity contribution >= 4 is 23.6 Å². The maximum atomic E-state index is 12.1. The van der Waals surface area contributed by atoms with Crippen LogP contribution in [0.15, 0.2) is 6.33 Å². The monoisotopic (exact) mass is 336 g/mol. The molecule has 1 saturated heterocycles. The van der Waals surface area contributed by atoms with Crippen molar-refractivity contribution in [3.63, 3.8) is 0 Å². The van der Waals surface area contributed by atoms with Crippen molar-refractivity contribution in [1.82, 2.24) is 14.9 Å². The predicted octanol–water partition coefficient (Wildman–Crippen LogP) is 1.09. The molecule has 9 heteroatoms. The number of hydrogen-bond donors (Lipinski definition) is 2. The highest BCUT2D eigenvalue weighted by Gasteiger charge is 2.28. The Morgan fingerprint density at radius 3 is 2.42 bits per heavy atom. The second-order valence-electron chi connectivity index (χ2n) is 6.45. The van der Waals surface area contributed by atoms with Crippen LogP contribution in [0.25, 0.3) is 0 Å². The van der Waals surface area contributed by atoms with Gasteiger partial charge in [0.25, 0.3) is 0 Å². The summed E-state index contributed by atoms with van der Waals surface area (Å²) in [7, 11) is 1.40. The van der Waals surface area contributed by atoms with Crippen molar-refractivity contribution in [1.29, 1.82) is 5.41 Å². The number of hydrogen-bond acceptors (Lipinski definition) is 8. The van der Waals surface area contributed by atoms with Crippen molar-refractivity contribution in [2.24, 2.45) is 0 Å². The van der Waals surface area contributed by atoms with Gasteiger partial charge in [-0.25, -0.2) is 14.8 Å². The van der Waals surface area contributed by atoms with Gasteiger partial charge >= 0.3 is 6.09 Å². The molecule has 0 unspecified atom stereocenters. The SMILES string of the molecule is COC(=N)c1c(N)ncnc1N1CCN(C(=O)OC(C)(C)C)CC1. The van der Waals surface area contributed by atoms with Crippen molar-refractivity contribution in [2.45, 2.75) is 26.4 Å². The number of carbonyl (C=O) groups excluding carboxylic acids is 1. The van der Waals surface area contributed by atoms with Crippen LogP contribution in [0.2, 0.25) is 0 Å². The number of rotatable bonds is 2. The number of ether oxygens (including phenoxy) is 2. The molecule has 1 fully saturated rings. The Morgan fingerprint density at radius 1 is 1.25 bits per heavy atom. The van der Waals surface area contributed by atoms with E-state index < -0.39 is 5.60 Å². The van der Waals surface area contributed by atoms with E-state index in [1.54, 1.807) is 4.90 Å². The molecule has 1 aliphatic heterocycles. The highest BCUT2D eigenvalue weighted by atomic mass is 16.6. The molecule has 0 radical (unpaired) electrons. The summed E-state index contributed by atoms with van der Waals surface area (Å²) >= 11 is 0. The van der Waals surface area contributed by atoms with Gasteiger partial charge in [-0.2, -0.15) is 0 Å². The summed E-state index contributed by atoms with van der Waals surface area (Å²) in [5.74, 6) is 0.650. The van der Waals surface area contributed by atoms with Gasteiger partial charge in [0.1, 0.15) is 29.1 Å². The van der Waals surface area contributed by atoms with Crippen LogP contribution in [0.5, 0.6) is 0 Å². The van der Waals surface area contributed by atoms with Crippen LogP contribution in [0.3, 0.4) is 0 Å². The molecular formula is C15H24N6O3. The van der Waals surface area contributed by atoms with Crippen LogP contribution >= 0.6 is 0 Å². The van der Waals surface area contributed by atoms with Gasteiger partial charge in [-0.15, -0.1) is 0 Å². The molecule has 0 spiro atoms. The third-order valence-corrected chi connectivity index (χ3v) is 3.52. The Morgan fingerprint density at radius 2 is 1.88 bits per heavy atom. The zero-order chi connectivity index (χ0) is 17.9. The maximum absolute atomic E-state index is 12.1. The number of nitrogens with one attached hydrogen (secondary N) is 1. The molecule has 1 aromatic rings. The summed E-state index contributed by atoms with van der Waals surface area (Å²) in [6.45, 7) is 7.63. The quantitative estimate of drug-likeness (QED) is 0.613. The molecule has 1 aromatic heterocycles. The van der Waals surface area contributed by atoms with E-state index in [1.807, 2.05) is 25.7 Å². The first-order valence-electron chi connectivity index (χ1n) is 7.69. The number of nitrogens with zero attached hydrogens (tertiary/aromatic N) is 4. The van der Waals surface area contributed by atoms with E-state index in [0.717, 1.165) is 0 Å². The smallest absolute Gasteiger partial charge is 0.410 e. The Bertz CT molecular complexity index is 620. The largest absolute Gasteiger partial charge is 0.481 e. The van der Waals surface area contributed by atoms with Gasteiger partial charge in [0.05, 0.1) is 7.11 Å². The fourth-order valence-electron chi connectivity index (χ4n) is 2.38. The van der Waals surface area contributed by atoms with E-state index in [1.165, 1.54) is 13.4 Å². The lowest BCUT2D eigenvalue weighted by Crippen LogP contribution is -2.50. The molecule has 0 bridgehead atoms. The van der Waals surface area contributed by atoms with Crippen LogP contribution in [-0.4, -0.2) is 65.7 Å². The molecule has 0 aromatic carbocycles.